The first-order valence-corrected chi connectivity index (χ1v) is 3.51. The summed E-state index contributed by atoms with van der Waals surface area (Å²) < 4.78 is 0. The van der Waals surface area contributed by atoms with E-state index in [1.807, 2.05) is 13.8 Å². The van der Waals surface area contributed by atoms with Crippen molar-refractivity contribution < 1.29 is 0 Å². The zero-order valence-corrected chi connectivity index (χ0v) is 6.96. The Morgan fingerprint density at radius 3 is 2.64 bits per heavy atom. The summed E-state index contributed by atoms with van der Waals surface area (Å²) in [6.45, 7) is 11.1. The first-order chi connectivity index (χ1) is 5.34. The Kier molecular flexibility index (Phi) is 4.73. The maximum atomic E-state index is 3.85. The summed E-state index contributed by atoms with van der Waals surface area (Å²) in [6.07, 6.45) is 2.98. The summed E-state index contributed by atoms with van der Waals surface area (Å²) in [5, 5.41) is 2.79. The van der Waals surface area contributed by atoms with Gasteiger partial charge in [0.15, 0.2) is 5.84 Å². The number of amidine groups is 1. The van der Waals surface area contributed by atoms with Crippen LogP contribution in [0.3, 0.4) is 0 Å². The van der Waals surface area contributed by atoms with Gasteiger partial charge in [0, 0.05) is 6.20 Å². The molecule has 0 atom stereocenters. The number of nitrogens with zero attached hydrogens (tertiary/aromatic N) is 2. The first-order valence-electron chi connectivity index (χ1n) is 3.51. The Morgan fingerprint density at radius 2 is 2.27 bits per heavy atom. The summed E-state index contributed by atoms with van der Waals surface area (Å²) in [5.74, 6) is 0.602. The van der Waals surface area contributed by atoms with Gasteiger partial charge >= 0.3 is 0 Å². The molecule has 0 aromatic carbocycles. The normalized spacial score (nSPS) is 17.3. The highest BCUT2D eigenvalue weighted by molar-refractivity contribution is 6.07. The third-order valence-corrected chi connectivity index (χ3v) is 0.909. The molecule has 3 heteroatoms. The largest absolute Gasteiger partial charge is 0.344 e. The van der Waals surface area contributed by atoms with Crippen molar-refractivity contribution in [2.24, 2.45) is 9.98 Å². The second kappa shape index (κ2) is 5.41. The lowest BCUT2D eigenvalue weighted by atomic mass is 10.5. The van der Waals surface area contributed by atoms with Crippen molar-refractivity contribution in [2.75, 3.05) is 0 Å². The average molecular weight is 151 g/mol. The van der Waals surface area contributed by atoms with E-state index in [4.69, 9.17) is 0 Å². The molecular formula is C8H13N3. The van der Waals surface area contributed by atoms with Crippen LogP contribution in [-0.4, -0.2) is 12.2 Å². The third kappa shape index (κ3) is 2.80. The molecular weight excluding hydrogens is 138 g/mol. The molecule has 0 unspecified atom stereocenters. The van der Waals surface area contributed by atoms with Gasteiger partial charge in [-0.25, -0.2) is 9.98 Å². The van der Waals surface area contributed by atoms with E-state index in [9.17, 15) is 0 Å². The summed E-state index contributed by atoms with van der Waals surface area (Å²) in [7, 11) is 0. The van der Waals surface area contributed by atoms with Crippen LogP contribution in [0.4, 0.5) is 0 Å². The predicted molar refractivity (Wildman–Crippen MR) is 49.7 cm³/mol. The van der Waals surface area contributed by atoms with Crippen LogP contribution in [0.25, 0.3) is 0 Å². The van der Waals surface area contributed by atoms with E-state index >= 15 is 0 Å². The van der Waals surface area contributed by atoms with Crippen molar-refractivity contribution in [1.29, 1.82) is 0 Å². The van der Waals surface area contributed by atoms with Crippen molar-refractivity contribution in [1.82, 2.24) is 5.32 Å². The predicted octanol–water partition coefficient (Wildman–Crippen LogP) is 1.70. The van der Waals surface area contributed by atoms with Crippen LogP contribution in [-0.2, 0) is 0 Å². The zero-order valence-electron chi connectivity index (χ0n) is 6.96. The van der Waals surface area contributed by atoms with Crippen molar-refractivity contribution >= 4 is 12.2 Å². The molecule has 0 radical (unpaired) electrons. The van der Waals surface area contributed by atoms with Crippen LogP contribution in [0.15, 0.2) is 35.0 Å². The summed E-state index contributed by atoms with van der Waals surface area (Å²) in [6, 6.07) is 0. The van der Waals surface area contributed by atoms with E-state index in [0.717, 1.165) is 5.70 Å². The molecule has 1 N–H and O–H groups in total. The number of nitrogens with one attached hydrogen (secondary N) is 1. The minimum atomic E-state index is 0.602. The number of rotatable bonds is 1. The van der Waals surface area contributed by atoms with E-state index in [-0.39, 0.29) is 0 Å². The fourth-order valence-corrected chi connectivity index (χ4v) is 0.512. The molecule has 1 heterocycles. The molecule has 11 heavy (non-hydrogen) atoms. The lowest BCUT2D eigenvalue weighted by Crippen LogP contribution is -2.05. The SMILES string of the molecule is C=CN=C1N=CNC1=C.CC. The first kappa shape index (κ1) is 9.62. The molecule has 0 bridgehead atoms. The zero-order chi connectivity index (χ0) is 8.69. The number of hydrogen-bond donors (Lipinski definition) is 1. The Labute approximate surface area is 67.3 Å². The van der Waals surface area contributed by atoms with Crippen LogP contribution in [0.2, 0.25) is 0 Å². The van der Waals surface area contributed by atoms with Crippen molar-refractivity contribution in [3.05, 3.63) is 25.1 Å². The topological polar surface area (TPSA) is 36.8 Å². The van der Waals surface area contributed by atoms with Gasteiger partial charge in [0.1, 0.15) is 0 Å². The van der Waals surface area contributed by atoms with E-state index in [0.29, 0.717) is 5.84 Å². The Bertz CT molecular complexity index is 201. The molecule has 0 amide bonds. The van der Waals surface area contributed by atoms with Crippen LogP contribution >= 0.6 is 0 Å². The molecule has 0 aliphatic carbocycles. The molecule has 0 spiro atoms. The standard InChI is InChI=1S/C6H7N3.C2H6/c1-3-7-6-5(2)8-4-9-6;1-2/h3-4H,1-2H2,(H,7,8,9);1-2H3. The van der Waals surface area contributed by atoms with Gasteiger partial charge in [0.25, 0.3) is 0 Å². The highest BCUT2D eigenvalue weighted by atomic mass is 15.1. The van der Waals surface area contributed by atoms with Gasteiger partial charge in [-0.3, -0.25) is 0 Å². The molecule has 0 aromatic heterocycles. The van der Waals surface area contributed by atoms with Gasteiger partial charge in [0.05, 0.1) is 12.0 Å². The highest BCUT2D eigenvalue weighted by Crippen LogP contribution is 1.96. The van der Waals surface area contributed by atoms with Gasteiger partial charge in [-0.2, -0.15) is 0 Å². The Morgan fingerprint density at radius 1 is 1.64 bits per heavy atom. The maximum Gasteiger partial charge on any atom is 0.176 e. The number of hydrogen-bond acceptors (Lipinski definition) is 2. The van der Waals surface area contributed by atoms with E-state index in [2.05, 4.69) is 28.5 Å². The summed E-state index contributed by atoms with van der Waals surface area (Å²) >= 11 is 0. The molecule has 0 aromatic rings. The van der Waals surface area contributed by atoms with E-state index in [1.54, 1.807) is 6.34 Å². The Balaban J connectivity index is 0.000000461. The minimum absolute atomic E-state index is 0.602. The minimum Gasteiger partial charge on any atom is -0.344 e. The molecule has 60 valence electrons. The number of aliphatic imine (C=N–C) groups is 2. The van der Waals surface area contributed by atoms with Gasteiger partial charge in [0.2, 0.25) is 0 Å². The third-order valence-electron chi connectivity index (χ3n) is 0.909. The van der Waals surface area contributed by atoms with Crippen LogP contribution in [0.5, 0.6) is 0 Å². The van der Waals surface area contributed by atoms with Crippen LogP contribution in [0, 0.1) is 0 Å². The van der Waals surface area contributed by atoms with Gasteiger partial charge in [-0.1, -0.05) is 27.0 Å². The summed E-state index contributed by atoms with van der Waals surface area (Å²) in [5.41, 5.74) is 0.718. The lowest BCUT2D eigenvalue weighted by molar-refractivity contribution is 1.30. The van der Waals surface area contributed by atoms with Gasteiger partial charge < -0.3 is 5.32 Å². The molecule has 3 nitrogen and oxygen atoms in total. The molecule has 1 aliphatic heterocycles. The molecule has 1 rings (SSSR count). The van der Waals surface area contributed by atoms with Gasteiger partial charge in [-0.05, 0) is 0 Å². The fraction of sp³-hybridized carbons (Fsp3) is 0.250. The molecule has 0 saturated heterocycles. The second-order valence-electron chi connectivity index (χ2n) is 1.52. The molecule has 1 aliphatic rings. The quantitative estimate of drug-likeness (QED) is 0.608. The second-order valence-corrected chi connectivity index (χ2v) is 1.52. The maximum absolute atomic E-state index is 3.85. The fourth-order valence-electron chi connectivity index (χ4n) is 0.512. The monoisotopic (exact) mass is 151 g/mol. The molecule has 0 fully saturated rings. The van der Waals surface area contributed by atoms with Crippen molar-refractivity contribution in [3.63, 3.8) is 0 Å². The average Bonchev–Trinajstić information content (AvgIpc) is 2.42. The molecule has 0 saturated carbocycles. The smallest absolute Gasteiger partial charge is 0.176 e. The van der Waals surface area contributed by atoms with Crippen molar-refractivity contribution in [3.8, 4) is 0 Å². The van der Waals surface area contributed by atoms with Crippen molar-refractivity contribution in [2.45, 2.75) is 13.8 Å². The van der Waals surface area contributed by atoms with Crippen LogP contribution in [0.1, 0.15) is 13.8 Å². The Hall–Kier alpha value is -1.38. The van der Waals surface area contributed by atoms with E-state index in [1.165, 1.54) is 6.20 Å². The highest BCUT2D eigenvalue weighted by Gasteiger charge is 2.04. The van der Waals surface area contributed by atoms with Gasteiger partial charge in [-0.15, -0.1) is 0 Å². The summed E-state index contributed by atoms with van der Waals surface area (Å²) in [4.78, 5) is 7.67. The van der Waals surface area contributed by atoms with E-state index < -0.39 is 0 Å². The van der Waals surface area contributed by atoms with Crippen LogP contribution < -0.4 is 5.32 Å². The lowest BCUT2D eigenvalue weighted by Gasteiger charge is -1.90.